The van der Waals surface area contributed by atoms with Crippen LogP contribution in [0.1, 0.15) is 40.8 Å². The first-order valence-electron chi connectivity index (χ1n) is 11.0. The standard InChI is InChI=1S/C26H28F3N3O3.ClH/c1-30-25(33)24(17-7-5-4-6-8-17)31-14-13-20(18-9-11-21(34-2)22(15-18)35-3)19-10-12-23(32-16-19)26(27,28)29;/h4-12,15-16,20,24,31H,13-14H2,1-3H3,(H,30,33);1H/t20-,24+;/m0./s1. The van der Waals surface area contributed by atoms with Crippen LogP contribution in [0.15, 0.2) is 66.9 Å². The minimum atomic E-state index is -4.52. The maximum absolute atomic E-state index is 13.0. The van der Waals surface area contributed by atoms with E-state index in [1.54, 1.807) is 19.2 Å². The van der Waals surface area contributed by atoms with Gasteiger partial charge >= 0.3 is 6.18 Å². The molecule has 0 aliphatic heterocycles. The summed E-state index contributed by atoms with van der Waals surface area (Å²) in [6.45, 7) is 0.410. The van der Waals surface area contributed by atoms with E-state index in [1.807, 2.05) is 36.4 Å². The third-order valence-corrected chi connectivity index (χ3v) is 5.71. The molecule has 6 nitrogen and oxygen atoms in total. The molecule has 1 heterocycles. The number of rotatable bonds is 10. The second-order valence-electron chi connectivity index (χ2n) is 7.84. The maximum Gasteiger partial charge on any atom is 0.433 e. The van der Waals surface area contributed by atoms with E-state index in [-0.39, 0.29) is 24.2 Å². The Bertz CT molecular complexity index is 1110. The third kappa shape index (κ3) is 7.11. The molecule has 2 atom stereocenters. The number of carbonyl (C=O) groups is 1. The largest absolute Gasteiger partial charge is 0.493 e. The van der Waals surface area contributed by atoms with Gasteiger partial charge in [-0.05, 0) is 47.9 Å². The number of nitrogens with one attached hydrogen (secondary N) is 2. The van der Waals surface area contributed by atoms with E-state index in [4.69, 9.17) is 9.47 Å². The number of nitrogens with zero attached hydrogens (tertiary/aromatic N) is 1. The Morgan fingerprint density at radius 3 is 2.17 bits per heavy atom. The van der Waals surface area contributed by atoms with Crippen LogP contribution in [-0.2, 0) is 11.0 Å². The van der Waals surface area contributed by atoms with E-state index in [0.29, 0.717) is 30.0 Å². The number of methoxy groups -OCH3 is 2. The number of hydrogen-bond donors (Lipinski definition) is 2. The highest BCUT2D eigenvalue weighted by Gasteiger charge is 2.32. The lowest BCUT2D eigenvalue weighted by Crippen LogP contribution is -2.36. The van der Waals surface area contributed by atoms with Crippen molar-refractivity contribution in [1.82, 2.24) is 15.6 Å². The second kappa shape index (κ2) is 13.1. The van der Waals surface area contributed by atoms with Gasteiger partial charge < -0.3 is 20.1 Å². The van der Waals surface area contributed by atoms with E-state index in [1.165, 1.54) is 26.5 Å². The molecule has 1 amide bonds. The van der Waals surface area contributed by atoms with Crippen molar-refractivity contribution >= 4 is 18.3 Å². The average Bonchev–Trinajstić information content (AvgIpc) is 2.88. The summed E-state index contributed by atoms with van der Waals surface area (Å²) in [5.41, 5.74) is 1.30. The second-order valence-corrected chi connectivity index (χ2v) is 7.84. The number of alkyl halides is 3. The number of likely N-dealkylation sites (N-methyl/N-ethyl adjacent to an activating group) is 1. The Kier molecular flexibility index (Phi) is 10.6. The zero-order valence-electron chi connectivity index (χ0n) is 20.1. The zero-order valence-corrected chi connectivity index (χ0v) is 21.0. The van der Waals surface area contributed by atoms with Gasteiger partial charge in [-0.3, -0.25) is 9.78 Å². The fourth-order valence-electron chi connectivity index (χ4n) is 3.90. The van der Waals surface area contributed by atoms with Gasteiger partial charge in [-0.25, -0.2) is 0 Å². The summed E-state index contributed by atoms with van der Waals surface area (Å²) < 4.78 is 49.9. The summed E-state index contributed by atoms with van der Waals surface area (Å²) in [6, 6.07) is 16.5. The first-order chi connectivity index (χ1) is 16.8. The predicted octanol–water partition coefficient (Wildman–Crippen LogP) is 5.14. The van der Waals surface area contributed by atoms with E-state index < -0.39 is 17.9 Å². The monoisotopic (exact) mass is 523 g/mol. The minimum absolute atomic E-state index is 0. The van der Waals surface area contributed by atoms with Gasteiger partial charge in [0.2, 0.25) is 5.91 Å². The maximum atomic E-state index is 13.0. The van der Waals surface area contributed by atoms with Crippen LogP contribution in [0, 0.1) is 0 Å². The molecule has 0 aliphatic rings. The van der Waals surface area contributed by atoms with Crippen LogP contribution in [0.4, 0.5) is 13.2 Å². The van der Waals surface area contributed by atoms with Gasteiger partial charge in [0.15, 0.2) is 11.5 Å². The van der Waals surface area contributed by atoms with Gasteiger partial charge in [0, 0.05) is 19.2 Å². The average molecular weight is 524 g/mol. The molecule has 0 unspecified atom stereocenters. The summed E-state index contributed by atoms with van der Waals surface area (Å²) in [7, 11) is 4.62. The fraction of sp³-hybridized carbons (Fsp3) is 0.308. The number of halogens is 4. The number of benzene rings is 2. The number of carbonyl (C=O) groups excluding carboxylic acids is 1. The topological polar surface area (TPSA) is 72.5 Å². The number of ether oxygens (including phenoxy) is 2. The molecule has 0 radical (unpaired) electrons. The molecule has 3 aromatic rings. The number of aromatic nitrogens is 1. The van der Waals surface area contributed by atoms with Crippen molar-refractivity contribution in [2.24, 2.45) is 0 Å². The van der Waals surface area contributed by atoms with Crippen LogP contribution < -0.4 is 20.1 Å². The molecular formula is C26H29ClF3N3O3. The summed E-state index contributed by atoms with van der Waals surface area (Å²) in [5.74, 6) is 0.561. The smallest absolute Gasteiger partial charge is 0.433 e. The normalized spacial score (nSPS) is 12.7. The Morgan fingerprint density at radius 1 is 0.944 bits per heavy atom. The fourth-order valence-corrected chi connectivity index (χ4v) is 3.90. The molecule has 0 aliphatic carbocycles. The van der Waals surface area contributed by atoms with E-state index in [0.717, 1.165) is 17.2 Å². The van der Waals surface area contributed by atoms with Crippen LogP contribution in [0.2, 0.25) is 0 Å². The first kappa shape index (κ1) is 28.9. The van der Waals surface area contributed by atoms with Gasteiger partial charge in [0.25, 0.3) is 0 Å². The van der Waals surface area contributed by atoms with E-state index >= 15 is 0 Å². The van der Waals surface area contributed by atoms with Crippen molar-refractivity contribution in [1.29, 1.82) is 0 Å². The lowest BCUT2D eigenvalue weighted by atomic mass is 9.89. The van der Waals surface area contributed by atoms with Gasteiger partial charge in [-0.2, -0.15) is 13.2 Å². The molecule has 3 rings (SSSR count). The minimum Gasteiger partial charge on any atom is -0.493 e. The molecule has 1 aromatic heterocycles. The molecule has 0 spiro atoms. The van der Waals surface area contributed by atoms with Gasteiger partial charge in [0.1, 0.15) is 11.7 Å². The molecule has 2 N–H and O–H groups in total. The van der Waals surface area contributed by atoms with E-state index in [9.17, 15) is 18.0 Å². The summed E-state index contributed by atoms with van der Waals surface area (Å²) in [6.07, 6.45) is -2.78. The van der Waals surface area contributed by atoms with E-state index in [2.05, 4.69) is 15.6 Å². The van der Waals surface area contributed by atoms with Gasteiger partial charge in [-0.15, -0.1) is 12.4 Å². The third-order valence-electron chi connectivity index (χ3n) is 5.71. The Morgan fingerprint density at radius 2 is 1.61 bits per heavy atom. The molecule has 0 saturated heterocycles. The van der Waals surface area contributed by atoms with Crippen LogP contribution in [0.3, 0.4) is 0 Å². The number of amides is 1. The van der Waals surface area contributed by atoms with Gasteiger partial charge in [-0.1, -0.05) is 42.5 Å². The lowest BCUT2D eigenvalue weighted by Gasteiger charge is -2.22. The SMILES string of the molecule is CNC(=O)[C@H](NCC[C@H](c1ccc(C(F)(F)F)nc1)c1ccc(OC)c(OC)c1)c1ccccc1.Cl. The quantitative estimate of drug-likeness (QED) is 0.385. The number of hydrogen-bond acceptors (Lipinski definition) is 5. The lowest BCUT2D eigenvalue weighted by molar-refractivity contribution is -0.141. The van der Waals surface area contributed by atoms with Crippen molar-refractivity contribution in [2.75, 3.05) is 27.8 Å². The predicted molar refractivity (Wildman–Crippen MR) is 134 cm³/mol. The number of pyridine rings is 1. The van der Waals surface area contributed by atoms with Gasteiger partial charge in [0.05, 0.1) is 14.2 Å². The molecule has 194 valence electrons. The van der Waals surface area contributed by atoms with Crippen LogP contribution in [-0.4, -0.2) is 38.7 Å². The molecule has 2 aromatic carbocycles. The summed E-state index contributed by atoms with van der Waals surface area (Å²) in [5, 5.41) is 5.94. The van der Waals surface area contributed by atoms with Crippen LogP contribution >= 0.6 is 12.4 Å². The summed E-state index contributed by atoms with van der Waals surface area (Å²) >= 11 is 0. The highest BCUT2D eigenvalue weighted by Crippen LogP contribution is 2.36. The van der Waals surface area contributed by atoms with Crippen molar-refractivity contribution in [3.8, 4) is 11.5 Å². The first-order valence-corrected chi connectivity index (χ1v) is 11.0. The summed E-state index contributed by atoms with van der Waals surface area (Å²) in [4.78, 5) is 16.1. The zero-order chi connectivity index (χ0) is 25.4. The van der Waals surface area contributed by atoms with Crippen LogP contribution in [0.5, 0.6) is 11.5 Å². The molecular weight excluding hydrogens is 495 g/mol. The van der Waals surface area contributed by atoms with Crippen molar-refractivity contribution < 1.29 is 27.4 Å². The van der Waals surface area contributed by atoms with Crippen LogP contribution in [0.25, 0.3) is 0 Å². The Balaban J connectivity index is 0.00000456. The van der Waals surface area contributed by atoms with Crippen molar-refractivity contribution in [3.63, 3.8) is 0 Å². The Labute approximate surface area is 214 Å². The molecule has 36 heavy (non-hydrogen) atoms. The highest BCUT2D eigenvalue weighted by atomic mass is 35.5. The van der Waals surface area contributed by atoms with Crippen molar-refractivity contribution in [3.05, 3.63) is 89.2 Å². The molecule has 10 heteroatoms. The molecule has 0 saturated carbocycles. The Hall–Kier alpha value is -3.30. The molecule has 0 fully saturated rings. The van der Waals surface area contributed by atoms with Crippen molar-refractivity contribution in [2.45, 2.75) is 24.6 Å². The molecule has 0 bridgehead atoms. The highest BCUT2D eigenvalue weighted by molar-refractivity contribution is 5.85.